The molecule has 0 aliphatic rings. The Morgan fingerprint density at radius 3 is 2.18 bits per heavy atom. The van der Waals surface area contributed by atoms with Crippen LogP contribution in [0.15, 0.2) is 66.0 Å². The second-order valence-electron chi connectivity index (χ2n) is 9.10. The number of unbranched alkanes of at least 4 members (excludes halogenated alkanes) is 5. The molecule has 0 saturated carbocycles. The first-order valence-corrected chi connectivity index (χ1v) is 14.7. The molecule has 166 valence electrons. The largest absolute Gasteiger partial charge is 0.144 e. The maximum atomic E-state index is 2.42. The fourth-order valence-corrected chi connectivity index (χ4v) is 7.92. The van der Waals surface area contributed by atoms with E-state index in [1.165, 1.54) is 101 Å². The normalized spacial score (nSPS) is 12.0. The van der Waals surface area contributed by atoms with Gasteiger partial charge in [0.1, 0.15) is 0 Å². The van der Waals surface area contributed by atoms with Crippen molar-refractivity contribution in [1.29, 1.82) is 0 Å². The molecule has 6 aromatic rings. The molecule has 3 aromatic heterocycles. The molecule has 3 aromatic carbocycles. The van der Waals surface area contributed by atoms with E-state index >= 15 is 0 Å². The maximum Gasteiger partial charge on any atom is 0.0455 e. The average molecular weight is 485 g/mol. The van der Waals surface area contributed by atoms with E-state index < -0.39 is 0 Å². The van der Waals surface area contributed by atoms with E-state index in [1.807, 2.05) is 34.0 Å². The summed E-state index contributed by atoms with van der Waals surface area (Å²) < 4.78 is 2.76. The number of rotatable bonds is 8. The first-order chi connectivity index (χ1) is 16.3. The van der Waals surface area contributed by atoms with Gasteiger partial charge in [-0.3, -0.25) is 0 Å². The molecule has 0 saturated heterocycles. The van der Waals surface area contributed by atoms with Crippen molar-refractivity contribution in [2.75, 3.05) is 0 Å². The molecule has 0 fully saturated rings. The van der Waals surface area contributed by atoms with Gasteiger partial charge in [-0.25, -0.2) is 0 Å². The predicted molar refractivity (Wildman–Crippen MR) is 153 cm³/mol. The van der Waals surface area contributed by atoms with Gasteiger partial charge in [0.25, 0.3) is 0 Å². The molecule has 6 rings (SSSR count). The van der Waals surface area contributed by atoms with Crippen LogP contribution in [0, 0.1) is 0 Å². The van der Waals surface area contributed by atoms with Crippen LogP contribution < -0.4 is 0 Å². The summed E-state index contributed by atoms with van der Waals surface area (Å²) in [6.45, 7) is 2.29. The first kappa shape index (κ1) is 21.3. The molecule has 0 spiro atoms. The van der Waals surface area contributed by atoms with Crippen LogP contribution in [0.4, 0.5) is 0 Å². The number of fused-ring (bicyclic) bond motifs is 5. The molecule has 3 heterocycles. The smallest absolute Gasteiger partial charge is 0.0455 e. The number of thiophene rings is 3. The Bertz CT molecular complexity index is 1560. The molecule has 0 nitrogen and oxygen atoms in total. The van der Waals surface area contributed by atoms with Crippen molar-refractivity contribution < 1.29 is 0 Å². The molecule has 0 bridgehead atoms. The lowest BCUT2D eigenvalue weighted by Gasteiger charge is -2.05. The zero-order chi connectivity index (χ0) is 22.2. The van der Waals surface area contributed by atoms with Gasteiger partial charge in [-0.2, -0.15) is 0 Å². The Hall–Kier alpha value is -2.20. The fourth-order valence-electron chi connectivity index (χ4n) is 4.90. The lowest BCUT2D eigenvalue weighted by atomic mass is 10.00. The fraction of sp³-hybridized carbons (Fsp3) is 0.267. The molecule has 0 radical (unpaired) electrons. The summed E-state index contributed by atoms with van der Waals surface area (Å²) in [6.07, 6.45) is 9.43. The van der Waals surface area contributed by atoms with Crippen LogP contribution in [0.5, 0.6) is 0 Å². The van der Waals surface area contributed by atoms with E-state index in [1.54, 1.807) is 0 Å². The molecule has 33 heavy (non-hydrogen) atoms. The van der Waals surface area contributed by atoms with Crippen molar-refractivity contribution in [2.45, 2.75) is 51.9 Å². The molecule has 0 unspecified atom stereocenters. The Kier molecular flexibility index (Phi) is 5.96. The van der Waals surface area contributed by atoms with Crippen LogP contribution in [-0.4, -0.2) is 0 Å². The average Bonchev–Trinajstić information content (AvgIpc) is 3.57. The van der Waals surface area contributed by atoms with Crippen molar-refractivity contribution in [3.63, 3.8) is 0 Å². The topological polar surface area (TPSA) is 0 Å². The number of hydrogen-bond acceptors (Lipinski definition) is 3. The third-order valence-electron chi connectivity index (χ3n) is 6.73. The highest BCUT2D eigenvalue weighted by atomic mass is 32.1. The quantitative estimate of drug-likeness (QED) is 0.149. The minimum atomic E-state index is 1.23. The van der Waals surface area contributed by atoms with Gasteiger partial charge in [-0.05, 0) is 99.1 Å². The Morgan fingerprint density at radius 1 is 0.576 bits per heavy atom. The van der Waals surface area contributed by atoms with Gasteiger partial charge >= 0.3 is 0 Å². The van der Waals surface area contributed by atoms with E-state index in [4.69, 9.17) is 0 Å². The van der Waals surface area contributed by atoms with Gasteiger partial charge in [0, 0.05) is 24.0 Å². The van der Waals surface area contributed by atoms with E-state index in [9.17, 15) is 0 Å². The van der Waals surface area contributed by atoms with Gasteiger partial charge in [-0.1, -0.05) is 51.2 Å². The van der Waals surface area contributed by atoms with E-state index in [-0.39, 0.29) is 0 Å². The Balaban J connectivity index is 1.29. The van der Waals surface area contributed by atoms with Gasteiger partial charge in [-0.15, -0.1) is 34.0 Å². The maximum absolute atomic E-state index is 2.42. The van der Waals surface area contributed by atoms with Crippen LogP contribution >= 0.6 is 34.0 Å². The molecule has 0 atom stereocenters. The standard InChI is InChI=1S/C30H28S3/c1-2-3-4-5-6-7-8-24-11-12-27(32-24)30-17-23-16-21-10-9-20-15-22-13-14-31-28(22)18-25(20)26(21)19-29(23)33-30/h9-19H,2-8H2,1H3. The highest BCUT2D eigenvalue weighted by molar-refractivity contribution is 7.26. The van der Waals surface area contributed by atoms with Crippen molar-refractivity contribution in [3.05, 3.63) is 70.9 Å². The number of hydrogen-bond donors (Lipinski definition) is 0. The van der Waals surface area contributed by atoms with Crippen LogP contribution in [0.2, 0.25) is 0 Å². The van der Waals surface area contributed by atoms with Crippen LogP contribution in [0.1, 0.15) is 50.3 Å². The van der Waals surface area contributed by atoms with Crippen molar-refractivity contribution in [3.8, 4) is 9.75 Å². The molecular formula is C30H28S3. The highest BCUT2D eigenvalue weighted by Crippen LogP contribution is 2.41. The zero-order valence-electron chi connectivity index (χ0n) is 19.0. The lowest BCUT2D eigenvalue weighted by Crippen LogP contribution is -1.82. The summed E-state index contributed by atoms with van der Waals surface area (Å²) in [5, 5.41) is 10.3. The minimum Gasteiger partial charge on any atom is -0.144 e. The second kappa shape index (κ2) is 9.21. The van der Waals surface area contributed by atoms with E-state index in [2.05, 4.69) is 73.0 Å². The summed E-state index contributed by atoms with van der Waals surface area (Å²) >= 11 is 5.77. The van der Waals surface area contributed by atoms with Gasteiger partial charge in [0.15, 0.2) is 0 Å². The molecule has 3 heteroatoms. The van der Waals surface area contributed by atoms with Gasteiger partial charge in [0.05, 0.1) is 0 Å². The van der Waals surface area contributed by atoms with Crippen molar-refractivity contribution in [2.24, 2.45) is 0 Å². The van der Waals surface area contributed by atoms with Crippen molar-refractivity contribution >= 4 is 75.7 Å². The summed E-state index contributed by atoms with van der Waals surface area (Å²) in [5.74, 6) is 0. The highest BCUT2D eigenvalue weighted by Gasteiger charge is 2.11. The predicted octanol–water partition coefficient (Wildman–Crippen LogP) is 11.1. The number of benzene rings is 3. The van der Waals surface area contributed by atoms with Gasteiger partial charge < -0.3 is 0 Å². The van der Waals surface area contributed by atoms with Crippen LogP contribution in [-0.2, 0) is 6.42 Å². The summed E-state index contributed by atoms with van der Waals surface area (Å²) in [5.41, 5.74) is 0. The zero-order valence-corrected chi connectivity index (χ0v) is 21.5. The Morgan fingerprint density at radius 2 is 1.33 bits per heavy atom. The van der Waals surface area contributed by atoms with E-state index in [0.29, 0.717) is 0 Å². The Labute approximate surface area is 207 Å². The van der Waals surface area contributed by atoms with Crippen molar-refractivity contribution in [1.82, 2.24) is 0 Å². The van der Waals surface area contributed by atoms with E-state index in [0.717, 1.165) is 0 Å². The van der Waals surface area contributed by atoms with Gasteiger partial charge in [0.2, 0.25) is 0 Å². The monoisotopic (exact) mass is 484 g/mol. The first-order valence-electron chi connectivity index (χ1n) is 12.1. The number of aryl methyl sites for hydroxylation is 1. The molecule has 0 amide bonds. The lowest BCUT2D eigenvalue weighted by molar-refractivity contribution is 0.609. The molecule has 0 N–H and O–H groups in total. The molecule has 0 aliphatic carbocycles. The third-order valence-corrected chi connectivity index (χ3v) is 10.0. The SMILES string of the molecule is CCCCCCCCc1ccc(-c2cc3cc4ccc5cc6ccsc6cc5c4cc3s2)s1. The van der Waals surface area contributed by atoms with Crippen LogP contribution in [0.25, 0.3) is 51.5 Å². The second-order valence-corrected chi connectivity index (χ2v) is 12.3. The third kappa shape index (κ3) is 4.23. The molecule has 0 aliphatic heterocycles. The van der Waals surface area contributed by atoms with Crippen LogP contribution in [0.3, 0.4) is 0 Å². The summed E-state index contributed by atoms with van der Waals surface area (Å²) in [7, 11) is 0. The minimum absolute atomic E-state index is 1.23. The summed E-state index contributed by atoms with van der Waals surface area (Å²) in [4.78, 5) is 4.37. The summed E-state index contributed by atoms with van der Waals surface area (Å²) in [6, 6.07) is 23.4. The molecular weight excluding hydrogens is 457 g/mol.